The molecule has 3 N–H and O–H groups in total. The van der Waals surface area contributed by atoms with E-state index in [2.05, 4.69) is 61.8 Å². The Morgan fingerprint density at radius 1 is 0.981 bits per heavy atom. The molecule has 0 spiro atoms. The third-order valence-corrected chi connectivity index (χ3v) is 9.71. The zero-order chi connectivity index (χ0) is 37.4. The van der Waals surface area contributed by atoms with Crippen LogP contribution in [0.3, 0.4) is 0 Å². The standard InChI is InChI=1S/C39H49N9O4/c1-37(2,3)30-21-31(42-33(41-30)34(50)40-27-15-11-12-16-28(27)47(7)8)43-36(51)44-39(23-49)20-19-29(25-13-9-10-14-26(25)39)52-24-17-18-32-45-46-35(38(4,5)6)48(32)22-24/h9-10,13-14,17-23,27-29H,11-12,15-16H2,1-8H3,(H,40,50)(H2,41,42,43,44,51)/t27-,28-,29+,39+/m0/s1. The summed E-state index contributed by atoms with van der Waals surface area (Å²) >= 11 is 0. The summed E-state index contributed by atoms with van der Waals surface area (Å²) in [4.78, 5) is 51.4. The zero-order valence-electron chi connectivity index (χ0n) is 31.2. The van der Waals surface area contributed by atoms with Crippen LogP contribution in [0.25, 0.3) is 5.65 Å². The van der Waals surface area contributed by atoms with Crippen LogP contribution in [0.15, 0.2) is 60.8 Å². The number of hydrogen-bond acceptors (Lipinski definition) is 9. The number of aromatic nitrogens is 5. The molecule has 0 saturated heterocycles. The quantitative estimate of drug-likeness (QED) is 0.156. The minimum atomic E-state index is -1.50. The summed E-state index contributed by atoms with van der Waals surface area (Å²) in [5.74, 6) is 1.11. The van der Waals surface area contributed by atoms with Gasteiger partial charge in [-0.15, -0.1) is 10.2 Å². The normalized spacial score (nSPS) is 21.8. The fraction of sp³-hybridized carbons (Fsp3) is 0.462. The van der Waals surface area contributed by atoms with Gasteiger partial charge in [0, 0.05) is 34.5 Å². The van der Waals surface area contributed by atoms with E-state index in [0.29, 0.717) is 34.5 Å². The third-order valence-electron chi connectivity index (χ3n) is 9.71. The SMILES string of the molecule is CN(C)[C@H]1CCCC[C@@H]1NC(=O)c1nc(NC(=O)N[C@@]2(C=O)C=C[C@@H](Oc3ccc4nnc(C(C)(C)C)n4c3)c3ccccc32)cc(C(C)(C)C)n1. The molecule has 6 rings (SSSR count). The summed E-state index contributed by atoms with van der Waals surface area (Å²) in [6, 6.07) is 12.2. The molecule has 2 aliphatic rings. The van der Waals surface area contributed by atoms with Gasteiger partial charge in [0.2, 0.25) is 5.82 Å². The molecule has 2 aliphatic carbocycles. The van der Waals surface area contributed by atoms with Crippen molar-refractivity contribution in [2.24, 2.45) is 0 Å². The van der Waals surface area contributed by atoms with E-state index in [0.717, 1.165) is 31.5 Å². The van der Waals surface area contributed by atoms with Crippen LogP contribution in [0.2, 0.25) is 0 Å². The van der Waals surface area contributed by atoms with Gasteiger partial charge in [-0.3, -0.25) is 19.3 Å². The smallest absolute Gasteiger partial charge is 0.321 e. The van der Waals surface area contributed by atoms with Crippen molar-refractivity contribution in [2.45, 2.75) is 102 Å². The number of rotatable bonds is 8. The van der Waals surface area contributed by atoms with Gasteiger partial charge in [0.1, 0.15) is 29.0 Å². The number of ether oxygens (including phenoxy) is 1. The molecular weight excluding hydrogens is 658 g/mol. The van der Waals surface area contributed by atoms with E-state index in [1.165, 1.54) is 0 Å². The lowest BCUT2D eigenvalue weighted by Crippen LogP contribution is -2.51. The first kappa shape index (κ1) is 36.6. The first-order valence-electron chi connectivity index (χ1n) is 17.8. The largest absolute Gasteiger partial charge is 0.480 e. The number of amides is 3. The zero-order valence-corrected chi connectivity index (χ0v) is 31.2. The minimum absolute atomic E-state index is 0.0295. The summed E-state index contributed by atoms with van der Waals surface area (Å²) in [7, 11) is 4.04. The molecule has 0 bridgehead atoms. The lowest BCUT2D eigenvalue weighted by Gasteiger charge is -2.36. The number of benzene rings is 1. The number of carbonyl (C=O) groups excluding carboxylic acids is 3. The predicted octanol–water partition coefficient (Wildman–Crippen LogP) is 5.62. The van der Waals surface area contributed by atoms with Crippen molar-refractivity contribution in [3.8, 4) is 5.75 Å². The predicted molar refractivity (Wildman–Crippen MR) is 198 cm³/mol. The Labute approximate surface area is 304 Å². The monoisotopic (exact) mass is 707 g/mol. The number of pyridine rings is 1. The van der Waals surface area contributed by atoms with Crippen molar-refractivity contribution in [2.75, 3.05) is 19.4 Å². The van der Waals surface area contributed by atoms with Gasteiger partial charge in [0.05, 0.1) is 11.9 Å². The van der Waals surface area contributed by atoms with Crippen LogP contribution in [0.5, 0.6) is 5.75 Å². The number of likely N-dealkylation sites (N-methyl/N-ethyl adjacent to an activating group) is 1. The van der Waals surface area contributed by atoms with E-state index >= 15 is 0 Å². The molecule has 13 nitrogen and oxygen atoms in total. The molecule has 52 heavy (non-hydrogen) atoms. The molecule has 3 aromatic heterocycles. The fourth-order valence-corrected chi connectivity index (χ4v) is 6.96. The Bertz CT molecular complexity index is 2010. The highest BCUT2D eigenvalue weighted by Crippen LogP contribution is 2.37. The van der Waals surface area contributed by atoms with Crippen molar-refractivity contribution >= 4 is 29.7 Å². The van der Waals surface area contributed by atoms with E-state index in [-0.39, 0.29) is 29.1 Å². The first-order valence-corrected chi connectivity index (χ1v) is 17.8. The summed E-state index contributed by atoms with van der Waals surface area (Å²) in [5, 5.41) is 17.4. The van der Waals surface area contributed by atoms with Crippen LogP contribution in [0.1, 0.15) is 107 Å². The van der Waals surface area contributed by atoms with E-state index in [1.807, 2.05) is 75.8 Å². The number of urea groups is 1. The summed E-state index contributed by atoms with van der Waals surface area (Å²) in [6.45, 7) is 12.1. The third kappa shape index (κ3) is 7.55. The van der Waals surface area contributed by atoms with Gasteiger partial charge in [-0.05, 0) is 56.8 Å². The summed E-state index contributed by atoms with van der Waals surface area (Å²) < 4.78 is 8.37. The fourth-order valence-electron chi connectivity index (χ4n) is 6.96. The van der Waals surface area contributed by atoms with Crippen LogP contribution in [-0.4, -0.2) is 73.9 Å². The second-order valence-corrected chi connectivity index (χ2v) is 16.0. The van der Waals surface area contributed by atoms with Crippen LogP contribution >= 0.6 is 0 Å². The number of anilines is 1. The Balaban J connectivity index is 1.23. The average Bonchev–Trinajstić information content (AvgIpc) is 3.53. The van der Waals surface area contributed by atoms with E-state index in [4.69, 9.17) is 4.74 Å². The number of nitrogens with one attached hydrogen (secondary N) is 3. The van der Waals surface area contributed by atoms with Crippen LogP contribution in [0.4, 0.5) is 10.6 Å². The molecule has 4 atom stereocenters. The van der Waals surface area contributed by atoms with Crippen LogP contribution in [0, 0.1) is 0 Å². The van der Waals surface area contributed by atoms with E-state index in [1.54, 1.807) is 24.3 Å². The molecule has 4 aromatic rings. The van der Waals surface area contributed by atoms with Gasteiger partial charge in [0.15, 0.2) is 11.9 Å². The maximum atomic E-state index is 13.7. The highest BCUT2D eigenvalue weighted by Gasteiger charge is 2.39. The summed E-state index contributed by atoms with van der Waals surface area (Å²) in [5.41, 5.74) is 0.397. The Morgan fingerprint density at radius 2 is 1.73 bits per heavy atom. The molecule has 0 radical (unpaired) electrons. The maximum Gasteiger partial charge on any atom is 0.321 e. The number of hydrogen-bond donors (Lipinski definition) is 3. The average molecular weight is 708 g/mol. The van der Waals surface area contributed by atoms with Gasteiger partial charge >= 0.3 is 6.03 Å². The second-order valence-electron chi connectivity index (χ2n) is 16.0. The highest BCUT2D eigenvalue weighted by atomic mass is 16.5. The van der Waals surface area contributed by atoms with Crippen molar-refractivity contribution in [1.82, 2.24) is 40.1 Å². The Kier molecular flexibility index (Phi) is 9.93. The Morgan fingerprint density at radius 3 is 2.44 bits per heavy atom. The van der Waals surface area contributed by atoms with Crippen LogP contribution < -0.4 is 20.7 Å². The van der Waals surface area contributed by atoms with E-state index in [9.17, 15) is 14.4 Å². The van der Waals surface area contributed by atoms with Gasteiger partial charge < -0.3 is 20.3 Å². The molecule has 13 heteroatoms. The molecule has 3 heterocycles. The molecule has 3 amide bonds. The molecule has 1 fully saturated rings. The molecular formula is C39H49N9O4. The van der Waals surface area contributed by atoms with Crippen molar-refractivity contribution < 1.29 is 19.1 Å². The minimum Gasteiger partial charge on any atom is -0.480 e. The maximum absolute atomic E-state index is 13.7. The van der Waals surface area contributed by atoms with Crippen molar-refractivity contribution in [1.29, 1.82) is 0 Å². The molecule has 0 unspecified atom stereocenters. The van der Waals surface area contributed by atoms with Crippen molar-refractivity contribution in [3.05, 3.63) is 89.3 Å². The Hall–Kier alpha value is -5.17. The number of nitrogens with zero attached hydrogens (tertiary/aromatic N) is 6. The van der Waals surface area contributed by atoms with Crippen molar-refractivity contribution in [3.63, 3.8) is 0 Å². The van der Waals surface area contributed by atoms with Gasteiger partial charge in [0.25, 0.3) is 5.91 Å². The second kappa shape index (κ2) is 14.1. The number of fused-ring (bicyclic) bond motifs is 2. The first-order chi connectivity index (χ1) is 24.6. The topological polar surface area (TPSA) is 156 Å². The lowest BCUT2D eigenvalue weighted by atomic mass is 9.81. The highest BCUT2D eigenvalue weighted by molar-refractivity contribution is 5.94. The molecule has 1 saturated carbocycles. The number of aldehydes is 1. The van der Waals surface area contributed by atoms with Crippen LogP contribution in [-0.2, 0) is 21.2 Å². The molecule has 274 valence electrons. The van der Waals surface area contributed by atoms with Gasteiger partial charge in [-0.1, -0.05) is 78.6 Å². The van der Waals surface area contributed by atoms with E-state index < -0.39 is 29.0 Å². The molecule has 1 aromatic carbocycles. The van der Waals surface area contributed by atoms with Gasteiger partial charge in [-0.2, -0.15) is 0 Å². The number of carbonyl (C=O) groups is 3. The lowest BCUT2D eigenvalue weighted by molar-refractivity contribution is -0.111. The molecule has 0 aliphatic heterocycles. The summed E-state index contributed by atoms with van der Waals surface area (Å²) in [6.07, 6.45) is 9.41. The van der Waals surface area contributed by atoms with Gasteiger partial charge in [-0.25, -0.2) is 14.8 Å².